The number of rotatable bonds is 4. The summed E-state index contributed by atoms with van der Waals surface area (Å²) in [5, 5.41) is 11.3. The Labute approximate surface area is 159 Å². The number of thiocarbonyl (C=S) groups is 1. The molecule has 128 valence electrons. The average molecular weight is 395 g/mol. The Hall–Kier alpha value is -2.15. The molecule has 0 amide bonds. The van der Waals surface area contributed by atoms with Crippen LogP contribution >= 0.6 is 35.4 Å². The Bertz CT molecular complexity index is 913. The van der Waals surface area contributed by atoms with Crippen LogP contribution in [0.25, 0.3) is 0 Å². The number of halogens is 3. The highest BCUT2D eigenvalue weighted by atomic mass is 35.5. The molecule has 3 aromatic rings. The topological polar surface area (TPSA) is 41.9 Å². The molecule has 1 heterocycles. The maximum absolute atomic E-state index is 13.2. The molecule has 0 fully saturated rings. The molecule has 1 aromatic heterocycles. The average Bonchev–Trinajstić information content (AvgIpc) is 2.98. The van der Waals surface area contributed by atoms with Gasteiger partial charge in [-0.2, -0.15) is 5.10 Å². The number of aromatic nitrogens is 2. The molecule has 0 saturated heterocycles. The lowest BCUT2D eigenvalue weighted by Crippen LogP contribution is -2.18. The van der Waals surface area contributed by atoms with Crippen molar-refractivity contribution in [2.45, 2.75) is 6.54 Å². The summed E-state index contributed by atoms with van der Waals surface area (Å²) in [6.07, 6.45) is 3.49. The van der Waals surface area contributed by atoms with Gasteiger partial charge in [-0.05, 0) is 48.1 Å². The van der Waals surface area contributed by atoms with E-state index in [4.69, 9.17) is 35.4 Å². The summed E-state index contributed by atoms with van der Waals surface area (Å²) in [6, 6.07) is 11.9. The van der Waals surface area contributed by atoms with Crippen LogP contribution in [0.4, 0.5) is 15.8 Å². The predicted molar refractivity (Wildman–Crippen MR) is 104 cm³/mol. The highest BCUT2D eigenvalue weighted by molar-refractivity contribution is 7.80. The van der Waals surface area contributed by atoms with E-state index in [-0.39, 0.29) is 5.02 Å². The van der Waals surface area contributed by atoms with Crippen LogP contribution in [0.5, 0.6) is 0 Å². The van der Waals surface area contributed by atoms with Gasteiger partial charge in [-0.1, -0.05) is 35.3 Å². The fourth-order valence-electron chi connectivity index (χ4n) is 2.20. The summed E-state index contributed by atoms with van der Waals surface area (Å²) < 4.78 is 14.9. The van der Waals surface area contributed by atoms with Gasteiger partial charge in [-0.25, -0.2) is 4.39 Å². The maximum atomic E-state index is 13.2. The number of anilines is 2. The molecule has 0 atom stereocenters. The van der Waals surface area contributed by atoms with Crippen LogP contribution < -0.4 is 10.6 Å². The molecular formula is C17H13Cl2FN4S. The van der Waals surface area contributed by atoms with Gasteiger partial charge < -0.3 is 10.6 Å². The van der Waals surface area contributed by atoms with E-state index in [0.717, 1.165) is 11.3 Å². The van der Waals surface area contributed by atoms with Crippen molar-refractivity contribution in [3.05, 3.63) is 76.3 Å². The molecule has 0 saturated carbocycles. The predicted octanol–water partition coefficient (Wildman–Crippen LogP) is 5.19. The first kappa shape index (κ1) is 17.7. The van der Waals surface area contributed by atoms with E-state index in [2.05, 4.69) is 15.7 Å². The van der Waals surface area contributed by atoms with E-state index in [0.29, 0.717) is 22.4 Å². The van der Waals surface area contributed by atoms with Gasteiger partial charge in [0.25, 0.3) is 0 Å². The van der Waals surface area contributed by atoms with E-state index in [1.165, 1.54) is 12.1 Å². The molecule has 8 heteroatoms. The zero-order valence-corrected chi connectivity index (χ0v) is 15.2. The lowest BCUT2D eigenvalue weighted by Gasteiger charge is -2.09. The third-order valence-corrected chi connectivity index (χ3v) is 4.03. The summed E-state index contributed by atoms with van der Waals surface area (Å²) in [5.41, 5.74) is 2.37. The normalized spacial score (nSPS) is 10.5. The van der Waals surface area contributed by atoms with Gasteiger partial charge in [-0.15, -0.1) is 0 Å². The second kappa shape index (κ2) is 7.82. The number of hydrogen-bond acceptors (Lipinski definition) is 2. The molecule has 3 rings (SSSR count). The number of nitrogens with zero attached hydrogens (tertiary/aromatic N) is 2. The second-order valence-electron chi connectivity index (χ2n) is 5.26. The molecule has 0 aliphatic heterocycles. The SMILES string of the molecule is Fc1ccc(NC(=S)Nc2cnn(Cc3cccc(Cl)c3)c2)cc1Cl. The molecule has 25 heavy (non-hydrogen) atoms. The van der Waals surface area contributed by atoms with E-state index < -0.39 is 5.82 Å². The number of nitrogens with one attached hydrogen (secondary N) is 2. The smallest absolute Gasteiger partial charge is 0.175 e. The van der Waals surface area contributed by atoms with Crippen molar-refractivity contribution in [1.82, 2.24) is 9.78 Å². The Kier molecular flexibility index (Phi) is 5.53. The van der Waals surface area contributed by atoms with Crippen LogP contribution in [0.15, 0.2) is 54.9 Å². The third-order valence-electron chi connectivity index (χ3n) is 3.30. The van der Waals surface area contributed by atoms with Crippen molar-refractivity contribution in [3.63, 3.8) is 0 Å². The summed E-state index contributed by atoms with van der Waals surface area (Å²) in [6.45, 7) is 0.593. The molecular weight excluding hydrogens is 382 g/mol. The minimum atomic E-state index is -0.478. The molecule has 2 N–H and O–H groups in total. The molecule has 0 unspecified atom stereocenters. The van der Waals surface area contributed by atoms with Gasteiger partial charge >= 0.3 is 0 Å². The number of benzene rings is 2. The van der Waals surface area contributed by atoms with Gasteiger partial charge in [0.2, 0.25) is 0 Å². The van der Waals surface area contributed by atoms with Gasteiger partial charge in [-0.3, -0.25) is 4.68 Å². The minimum Gasteiger partial charge on any atom is -0.332 e. The summed E-state index contributed by atoms with van der Waals surface area (Å²) in [7, 11) is 0. The molecule has 0 bridgehead atoms. The highest BCUT2D eigenvalue weighted by Gasteiger charge is 2.05. The largest absolute Gasteiger partial charge is 0.332 e. The first-order valence-corrected chi connectivity index (χ1v) is 8.46. The Morgan fingerprint density at radius 3 is 2.68 bits per heavy atom. The number of hydrogen-bond donors (Lipinski definition) is 2. The van der Waals surface area contributed by atoms with Crippen molar-refractivity contribution >= 4 is 51.9 Å². The van der Waals surface area contributed by atoms with Gasteiger partial charge in [0.1, 0.15) is 5.82 Å². The van der Waals surface area contributed by atoms with E-state index in [9.17, 15) is 4.39 Å². The van der Waals surface area contributed by atoms with E-state index in [1.54, 1.807) is 16.9 Å². The van der Waals surface area contributed by atoms with E-state index >= 15 is 0 Å². The van der Waals surface area contributed by atoms with Crippen molar-refractivity contribution in [2.24, 2.45) is 0 Å². The van der Waals surface area contributed by atoms with Gasteiger partial charge in [0.15, 0.2) is 5.11 Å². The maximum Gasteiger partial charge on any atom is 0.175 e. The highest BCUT2D eigenvalue weighted by Crippen LogP contribution is 2.19. The van der Waals surface area contributed by atoms with Crippen molar-refractivity contribution in [1.29, 1.82) is 0 Å². The first-order valence-electron chi connectivity index (χ1n) is 7.29. The van der Waals surface area contributed by atoms with Crippen LogP contribution in [0.2, 0.25) is 10.0 Å². The Balaban J connectivity index is 1.60. The van der Waals surface area contributed by atoms with Crippen LogP contribution in [-0.2, 0) is 6.54 Å². The molecule has 0 aliphatic carbocycles. The zero-order chi connectivity index (χ0) is 17.8. The molecule has 2 aromatic carbocycles. The standard InChI is InChI=1S/C17H13Cl2FN4S/c18-12-3-1-2-11(6-12)9-24-10-14(8-21-24)23-17(25)22-13-4-5-16(20)15(19)7-13/h1-8,10H,9H2,(H2,22,23,25). The second-order valence-corrected chi connectivity index (χ2v) is 6.52. The fraction of sp³-hybridized carbons (Fsp3) is 0.0588. The van der Waals surface area contributed by atoms with Crippen molar-refractivity contribution in [3.8, 4) is 0 Å². The third kappa shape index (κ3) is 4.92. The summed E-state index contributed by atoms with van der Waals surface area (Å²) >= 11 is 17.0. The molecule has 4 nitrogen and oxygen atoms in total. The lowest BCUT2D eigenvalue weighted by atomic mass is 10.2. The van der Waals surface area contributed by atoms with Crippen LogP contribution in [0.1, 0.15) is 5.56 Å². The molecule has 0 aliphatic rings. The van der Waals surface area contributed by atoms with Crippen molar-refractivity contribution in [2.75, 3.05) is 10.6 Å². The molecule has 0 radical (unpaired) electrons. The Morgan fingerprint density at radius 2 is 1.92 bits per heavy atom. The summed E-state index contributed by atoms with van der Waals surface area (Å²) in [5.74, 6) is -0.478. The quantitative estimate of drug-likeness (QED) is 0.597. The fourth-order valence-corrected chi connectivity index (χ4v) is 2.83. The summed E-state index contributed by atoms with van der Waals surface area (Å²) in [4.78, 5) is 0. The Morgan fingerprint density at radius 1 is 1.12 bits per heavy atom. The monoisotopic (exact) mass is 394 g/mol. The van der Waals surface area contributed by atoms with Gasteiger partial charge in [0, 0.05) is 16.9 Å². The minimum absolute atomic E-state index is 0.0298. The van der Waals surface area contributed by atoms with E-state index in [1.807, 2.05) is 30.5 Å². The zero-order valence-electron chi connectivity index (χ0n) is 12.8. The van der Waals surface area contributed by atoms with Crippen molar-refractivity contribution < 1.29 is 4.39 Å². The van der Waals surface area contributed by atoms with Crippen LogP contribution in [0.3, 0.4) is 0 Å². The van der Waals surface area contributed by atoms with Crippen LogP contribution in [0, 0.1) is 5.82 Å². The lowest BCUT2D eigenvalue weighted by molar-refractivity contribution is 0.628. The van der Waals surface area contributed by atoms with Crippen LogP contribution in [-0.4, -0.2) is 14.9 Å². The molecule has 0 spiro atoms. The first-order chi connectivity index (χ1) is 12.0. The van der Waals surface area contributed by atoms with Gasteiger partial charge in [0.05, 0.1) is 23.5 Å².